The molecule has 0 aliphatic carbocycles. The lowest BCUT2D eigenvalue weighted by molar-refractivity contribution is 0.0699. The highest BCUT2D eigenvalue weighted by atomic mass is 16.4. The maximum atomic E-state index is 11.7. The Balaban J connectivity index is 2.41. The monoisotopic (exact) mass is 305 g/mol. The van der Waals surface area contributed by atoms with Gasteiger partial charge in [0.15, 0.2) is 0 Å². The van der Waals surface area contributed by atoms with Gasteiger partial charge in [-0.1, -0.05) is 29.8 Å². The van der Waals surface area contributed by atoms with E-state index in [1.807, 2.05) is 52.0 Å². The van der Waals surface area contributed by atoms with E-state index in [0.717, 1.165) is 33.3 Å². The van der Waals surface area contributed by atoms with Crippen LogP contribution in [0, 0.1) is 27.7 Å². The van der Waals surface area contributed by atoms with E-state index in [9.17, 15) is 9.90 Å². The van der Waals surface area contributed by atoms with Gasteiger partial charge >= 0.3 is 5.97 Å². The second-order valence-electron chi connectivity index (χ2n) is 6.08. The summed E-state index contributed by atoms with van der Waals surface area (Å²) in [6.07, 6.45) is 0. The van der Waals surface area contributed by atoms with Gasteiger partial charge in [0.05, 0.1) is 16.8 Å². The number of rotatable bonds is 2. The molecule has 3 rings (SSSR count). The van der Waals surface area contributed by atoms with Crippen LogP contribution in [0.25, 0.3) is 22.2 Å². The van der Waals surface area contributed by atoms with Gasteiger partial charge in [-0.15, -0.1) is 0 Å². The summed E-state index contributed by atoms with van der Waals surface area (Å²) in [5.41, 5.74) is 7.11. The number of nitrogens with zero attached hydrogens (tertiary/aromatic N) is 1. The van der Waals surface area contributed by atoms with Crippen molar-refractivity contribution >= 4 is 16.9 Å². The minimum atomic E-state index is -0.924. The Kier molecular flexibility index (Phi) is 3.64. The van der Waals surface area contributed by atoms with Crippen LogP contribution in [0.15, 0.2) is 36.4 Å². The van der Waals surface area contributed by atoms with E-state index in [1.54, 1.807) is 6.07 Å². The molecule has 3 heteroatoms. The topological polar surface area (TPSA) is 50.2 Å². The number of carboxylic acids is 1. The van der Waals surface area contributed by atoms with Crippen LogP contribution in [0.4, 0.5) is 0 Å². The third kappa shape index (κ3) is 2.59. The molecular weight excluding hydrogens is 286 g/mol. The predicted molar refractivity (Wildman–Crippen MR) is 93.1 cm³/mol. The van der Waals surface area contributed by atoms with Crippen LogP contribution >= 0.6 is 0 Å². The number of aromatic nitrogens is 1. The summed E-state index contributed by atoms with van der Waals surface area (Å²) in [4.78, 5) is 16.5. The number of carbonyl (C=O) groups is 1. The predicted octanol–water partition coefficient (Wildman–Crippen LogP) is 4.83. The van der Waals surface area contributed by atoms with Gasteiger partial charge in [0.1, 0.15) is 0 Å². The van der Waals surface area contributed by atoms with Crippen LogP contribution in [0.3, 0.4) is 0 Å². The lowest BCUT2D eigenvalue weighted by Gasteiger charge is -2.12. The van der Waals surface area contributed by atoms with Gasteiger partial charge in [0.2, 0.25) is 0 Å². The van der Waals surface area contributed by atoms with Crippen molar-refractivity contribution in [2.24, 2.45) is 0 Å². The minimum absolute atomic E-state index is 0.300. The quantitative estimate of drug-likeness (QED) is 0.737. The Morgan fingerprint density at radius 2 is 1.65 bits per heavy atom. The Hall–Kier alpha value is -2.68. The lowest BCUT2D eigenvalue weighted by atomic mass is 9.97. The largest absolute Gasteiger partial charge is 0.478 e. The van der Waals surface area contributed by atoms with Crippen LogP contribution in [0.2, 0.25) is 0 Å². The number of hydrogen-bond donors (Lipinski definition) is 1. The molecule has 0 amide bonds. The first kappa shape index (κ1) is 15.2. The molecule has 0 aliphatic heterocycles. The van der Waals surface area contributed by atoms with Crippen LogP contribution in [-0.2, 0) is 0 Å². The molecule has 0 bridgehead atoms. The third-order valence-electron chi connectivity index (χ3n) is 4.40. The molecule has 1 N–H and O–H groups in total. The second-order valence-corrected chi connectivity index (χ2v) is 6.08. The van der Waals surface area contributed by atoms with Gasteiger partial charge in [0, 0.05) is 10.9 Å². The molecule has 0 fully saturated rings. The van der Waals surface area contributed by atoms with Gasteiger partial charge in [-0.3, -0.25) is 0 Å². The minimum Gasteiger partial charge on any atom is -0.478 e. The average Bonchev–Trinajstić information content (AvgIpc) is 2.52. The smallest absolute Gasteiger partial charge is 0.336 e. The van der Waals surface area contributed by atoms with Crippen molar-refractivity contribution in [1.29, 1.82) is 0 Å². The molecule has 23 heavy (non-hydrogen) atoms. The van der Waals surface area contributed by atoms with Crippen molar-refractivity contribution in [1.82, 2.24) is 4.98 Å². The summed E-state index contributed by atoms with van der Waals surface area (Å²) in [5, 5.41) is 10.3. The molecule has 0 atom stereocenters. The molecule has 0 aliphatic rings. The average molecular weight is 305 g/mol. The summed E-state index contributed by atoms with van der Waals surface area (Å²) in [6.45, 7) is 8.05. The lowest BCUT2D eigenvalue weighted by Crippen LogP contribution is -2.02. The van der Waals surface area contributed by atoms with Crippen molar-refractivity contribution in [3.05, 3.63) is 64.2 Å². The molecule has 0 saturated heterocycles. The van der Waals surface area contributed by atoms with Gasteiger partial charge < -0.3 is 5.11 Å². The molecular formula is C20H19NO2. The van der Waals surface area contributed by atoms with E-state index >= 15 is 0 Å². The van der Waals surface area contributed by atoms with Crippen LogP contribution in [0.5, 0.6) is 0 Å². The van der Waals surface area contributed by atoms with E-state index in [2.05, 4.69) is 6.07 Å². The summed E-state index contributed by atoms with van der Waals surface area (Å²) in [6, 6.07) is 11.6. The number of carboxylic acid groups (broad SMARTS) is 1. The standard InChI is InChI=1S/C20H19NO2/c1-11-5-6-13(3)16(9-11)18-10-17(20(22)23)15-8-7-12(2)14(4)19(15)21-18/h5-10H,1-4H3,(H,22,23). The van der Waals surface area contributed by atoms with E-state index in [1.165, 1.54) is 0 Å². The molecule has 3 nitrogen and oxygen atoms in total. The van der Waals surface area contributed by atoms with E-state index in [0.29, 0.717) is 16.6 Å². The molecule has 0 spiro atoms. The summed E-state index contributed by atoms with van der Waals surface area (Å²) in [5.74, 6) is -0.924. The SMILES string of the molecule is Cc1ccc(C)c(-c2cc(C(=O)O)c3ccc(C)c(C)c3n2)c1. The van der Waals surface area contributed by atoms with Crippen LogP contribution in [0.1, 0.15) is 32.6 Å². The van der Waals surface area contributed by atoms with Crippen molar-refractivity contribution in [3.63, 3.8) is 0 Å². The van der Waals surface area contributed by atoms with Crippen molar-refractivity contribution in [2.75, 3.05) is 0 Å². The highest BCUT2D eigenvalue weighted by Gasteiger charge is 2.16. The zero-order valence-electron chi connectivity index (χ0n) is 13.8. The van der Waals surface area contributed by atoms with Gasteiger partial charge in [0.25, 0.3) is 0 Å². The Morgan fingerprint density at radius 1 is 0.957 bits per heavy atom. The van der Waals surface area contributed by atoms with Gasteiger partial charge in [-0.25, -0.2) is 9.78 Å². The fourth-order valence-electron chi connectivity index (χ4n) is 2.86. The summed E-state index contributed by atoms with van der Waals surface area (Å²) < 4.78 is 0. The molecule has 1 aromatic heterocycles. The number of benzene rings is 2. The first-order chi connectivity index (χ1) is 10.9. The maximum Gasteiger partial charge on any atom is 0.336 e. The zero-order valence-corrected chi connectivity index (χ0v) is 13.8. The number of hydrogen-bond acceptors (Lipinski definition) is 2. The fraction of sp³-hybridized carbons (Fsp3) is 0.200. The molecule has 0 saturated carbocycles. The number of aryl methyl sites for hydroxylation is 4. The van der Waals surface area contributed by atoms with E-state index in [4.69, 9.17) is 4.98 Å². The number of pyridine rings is 1. The van der Waals surface area contributed by atoms with Crippen LogP contribution < -0.4 is 0 Å². The number of fused-ring (bicyclic) bond motifs is 1. The highest BCUT2D eigenvalue weighted by molar-refractivity contribution is 6.04. The molecule has 0 unspecified atom stereocenters. The van der Waals surface area contributed by atoms with E-state index in [-0.39, 0.29) is 0 Å². The molecule has 0 radical (unpaired) electrons. The van der Waals surface area contributed by atoms with Gasteiger partial charge in [-0.2, -0.15) is 0 Å². The van der Waals surface area contributed by atoms with Crippen molar-refractivity contribution < 1.29 is 9.90 Å². The maximum absolute atomic E-state index is 11.7. The normalized spacial score (nSPS) is 11.0. The number of aromatic carboxylic acids is 1. The molecule has 3 aromatic rings. The first-order valence-corrected chi connectivity index (χ1v) is 7.60. The third-order valence-corrected chi connectivity index (χ3v) is 4.40. The Morgan fingerprint density at radius 3 is 2.35 bits per heavy atom. The summed E-state index contributed by atoms with van der Waals surface area (Å²) >= 11 is 0. The van der Waals surface area contributed by atoms with E-state index < -0.39 is 5.97 Å². The Bertz CT molecular complexity index is 942. The second kappa shape index (κ2) is 5.51. The van der Waals surface area contributed by atoms with Crippen molar-refractivity contribution in [2.45, 2.75) is 27.7 Å². The Labute approximate surface area is 135 Å². The van der Waals surface area contributed by atoms with Gasteiger partial charge in [-0.05, 0) is 56.5 Å². The summed E-state index contributed by atoms with van der Waals surface area (Å²) in [7, 11) is 0. The molecule has 116 valence electrons. The first-order valence-electron chi connectivity index (χ1n) is 7.60. The van der Waals surface area contributed by atoms with Crippen molar-refractivity contribution in [3.8, 4) is 11.3 Å². The highest BCUT2D eigenvalue weighted by Crippen LogP contribution is 2.30. The molecule has 2 aromatic carbocycles. The van der Waals surface area contributed by atoms with Crippen LogP contribution in [-0.4, -0.2) is 16.1 Å². The molecule has 1 heterocycles. The fourth-order valence-corrected chi connectivity index (χ4v) is 2.86. The zero-order chi connectivity index (χ0) is 16.7.